The van der Waals surface area contributed by atoms with E-state index in [0.29, 0.717) is 23.2 Å². The third-order valence-corrected chi connectivity index (χ3v) is 7.28. The molecule has 0 saturated carbocycles. The van der Waals surface area contributed by atoms with Crippen molar-refractivity contribution in [3.8, 4) is 0 Å². The van der Waals surface area contributed by atoms with E-state index < -0.39 is 11.7 Å². The Bertz CT molecular complexity index is 1460. The Kier molecular flexibility index (Phi) is 7.09. The van der Waals surface area contributed by atoms with Gasteiger partial charge in [0, 0.05) is 56.4 Å². The molecule has 10 heteroatoms. The SMILES string of the molecule is O=C(NC1CCN(Cc2ccncc2)CC1)c1cc(Cc2c[nH]c(=O)c3cc(Cl)c(Cl)n23)ccc1F. The molecule has 0 unspecified atom stereocenters. The average molecular weight is 528 g/mol. The van der Waals surface area contributed by atoms with Gasteiger partial charge in [0.1, 0.15) is 16.5 Å². The van der Waals surface area contributed by atoms with E-state index in [-0.39, 0.29) is 27.3 Å². The van der Waals surface area contributed by atoms with Crippen LogP contribution in [0.4, 0.5) is 4.39 Å². The van der Waals surface area contributed by atoms with E-state index in [1.54, 1.807) is 35.1 Å². The second-order valence-corrected chi connectivity index (χ2v) is 9.75. The third kappa shape index (κ3) is 5.16. The molecule has 5 rings (SSSR count). The number of nitrogens with zero attached hydrogens (tertiary/aromatic N) is 3. The van der Waals surface area contributed by atoms with E-state index in [9.17, 15) is 14.0 Å². The number of nitrogens with one attached hydrogen (secondary N) is 2. The summed E-state index contributed by atoms with van der Waals surface area (Å²) in [5.74, 6) is -1.02. The van der Waals surface area contributed by atoms with Crippen LogP contribution in [0.3, 0.4) is 0 Å². The quantitative estimate of drug-likeness (QED) is 0.388. The molecule has 0 atom stereocenters. The molecule has 1 fully saturated rings. The van der Waals surface area contributed by atoms with Gasteiger partial charge in [0.2, 0.25) is 0 Å². The molecule has 2 N–H and O–H groups in total. The lowest BCUT2D eigenvalue weighted by atomic mass is 10.0. The summed E-state index contributed by atoms with van der Waals surface area (Å²) in [6.07, 6.45) is 7.01. The van der Waals surface area contributed by atoms with Crippen molar-refractivity contribution in [1.29, 1.82) is 0 Å². The van der Waals surface area contributed by atoms with Crippen molar-refractivity contribution in [2.45, 2.75) is 31.8 Å². The topological polar surface area (TPSA) is 82.5 Å². The van der Waals surface area contributed by atoms with Crippen LogP contribution < -0.4 is 10.9 Å². The number of carbonyl (C=O) groups is 1. The summed E-state index contributed by atoms with van der Waals surface area (Å²) < 4.78 is 16.2. The minimum Gasteiger partial charge on any atom is -0.349 e. The number of aromatic amines is 1. The number of aromatic nitrogens is 3. The summed E-state index contributed by atoms with van der Waals surface area (Å²) in [5.41, 5.74) is 2.54. The standard InChI is InChI=1S/C26H24Cl2FN5O2/c27-21-13-23-26(36)31-14-19(34(23)24(21)28)11-17-1-2-22(29)20(12-17)25(35)32-18-5-9-33(10-6-18)15-16-3-7-30-8-4-16/h1-4,7-8,12-14,18H,5-6,9-11,15H2,(H,31,36)(H,32,35). The number of hydrogen-bond donors (Lipinski definition) is 2. The number of amides is 1. The first-order valence-corrected chi connectivity index (χ1v) is 12.4. The van der Waals surface area contributed by atoms with Crippen LogP contribution in [0.25, 0.3) is 5.52 Å². The average Bonchev–Trinajstić information content (AvgIpc) is 3.19. The fourth-order valence-corrected chi connectivity index (χ4v) is 5.07. The minimum atomic E-state index is -0.583. The smallest absolute Gasteiger partial charge is 0.272 e. The fourth-order valence-electron chi connectivity index (χ4n) is 4.63. The third-order valence-electron chi connectivity index (χ3n) is 6.53. The Hall–Kier alpha value is -3.20. The highest BCUT2D eigenvalue weighted by molar-refractivity contribution is 6.42. The Labute approximate surface area is 216 Å². The zero-order valence-corrected chi connectivity index (χ0v) is 20.8. The molecule has 36 heavy (non-hydrogen) atoms. The van der Waals surface area contributed by atoms with Crippen molar-refractivity contribution in [2.75, 3.05) is 13.1 Å². The summed E-state index contributed by atoms with van der Waals surface area (Å²) >= 11 is 12.4. The van der Waals surface area contributed by atoms with Gasteiger partial charge in [-0.05, 0) is 54.3 Å². The molecule has 1 aliphatic rings. The van der Waals surface area contributed by atoms with Crippen LogP contribution in [0.5, 0.6) is 0 Å². The number of carbonyl (C=O) groups excluding carboxylic acids is 1. The number of pyridine rings is 1. The van der Waals surface area contributed by atoms with E-state index >= 15 is 0 Å². The molecule has 0 aliphatic carbocycles. The van der Waals surface area contributed by atoms with Gasteiger partial charge < -0.3 is 10.3 Å². The van der Waals surface area contributed by atoms with E-state index in [1.165, 1.54) is 17.7 Å². The number of piperidine rings is 1. The monoisotopic (exact) mass is 527 g/mol. The first-order valence-electron chi connectivity index (χ1n) is 11.7. The van der Waals surface area contributed by atoms with Crippen LogP contribution in [0.15, 0.2) is 59.8 Å². The van der Waals surface area contributed by atoms with Crippen LogP contribution in [0, 0.1) is 5.82 Å². The zero-order chi connectivity index (χ0) is 25.2. The first kappa shape index (κ1) is 24.5. The van der Waals surface area contributed by atoms with Crippen LogP contribution in [-0.4, -0.2) is 44.3 Å². The molecule has 1 amide bonds. The Balaban J connectivity index is 1.26. The molecule has 0 spiro atoms. The second-order valence-electron chi connectivity index (χ2n) is 8.98. The molecule has 1 aromatic carbocycles. The molecule has 1 aliphatic heterocycles. The molecule has 0 radical (unpaired) electrons. The first-order chi connectivity index (χ1) is 17.4. The van der Waals surface area contributed by atoms with Crippen molar-refractivity contribution in [2.24, 2.45) is 0 Å². The molecule has 186 valence electrons. The number of likely N-dealkylation sites (tertiary alicyclic amines) is 1. The van der Waals surface area contributed by atoms with Crippen LogP contribution in [0.1, 0.15) is 40.0 Å². The number of halogens is 3. The molecule has 7 nitrogen and oxygen atoms in total. The molecule has 4 heterocycles. The maximum atomic E-state index is 14.6. The lowest BCUT2D eigenvalue weighted by molar-refractivity contribution is 0.0904. The van der Waals surface area contributed by atoms with E-state index in [0.717, 1.165) is 32.5 Å². The highest BCUT2D eigenvalue weighted by Gasteiger charge is 2.23. The lowest BCUT2D eigenvalue weighted by Gasteiger charge is -2.32. The molecule has 0 bridgehead atoms. The van der Waals surface area contributed by atoms with Crippen LogP contribution in [0.2, 0.25) is 10.2 Å². The molecule has 4 aromatic rings. The van der Waals surface area contributed by atoms with Gasteiger partial charge in [-0.25, -0.2) is 4.39 Å². The van der Waals surface area contributed by atoms with Crippen molar-refractivity contribution >= 4 is 34.6 Å². The number of rotatable bonds is 6. The summed E-state index contributed by atoms with van der Waals surface area (Å²) in [6, 6.07) is 9.92. The Morgan fingerprint density at radius 1 is 1.11 bits per heavy atom. The van der Waals surface area contributed by atoms with Crippen molar-refractivity contribution in [1.82, 2.24) is 24.6 Å². The van der Waals surface area contributed by atoms with Crippen LogP contribution in [-0.2, 0) is 13.0 Å². The molecular formula is C26H24Cl2FN5O2. The highest BCUT2D eigenvalue weighted by Crippen LogP contribution is 2.27. The summed E-state index contributed by atoms with van der Waals surface area (Å²) in [5, 5.41) is 3.48. The summed E-state index contributed by atoms with van der Waals surface area (Å²) in [7, 11) is 0. The van der Waals surface area contributed by atoms with E-state index in [1.807, 2.05) is 12.1 Å². The number of fused-ring (bicyclic) bond motifs is 1. The van der Waals surface area contributed by atoms with Crippen molar-refractivity contribution < 1.29 is 9.18 Å². The van der Waals surface area contributed by atoms with E-state index in [2.05, 4.69) is 20.2 Å². The maximum absolute atomic E-state index is 14.6. The summed E-state index contributed by atoms with van der Waals surface area (Å²) in [4.78, 5) is 34.2. The van der Waals surface area contributed by atoms with Gasteiger partial charge in [-0.3, -0.25) is 23.9 Å². The number of H-pyrrole nitrogens is 1. The minimum absolute atomic E-state index is 0.0102. The van der Waals surface area contributed by atoms with Crippen molar-refractivity contribution in [3.63, 3.8) is 0 Å². The predicted octanol–water partition coefficient (Wildman–Crippen LogP) is 4.45. The fraction of sp³-hybridized carbons (Fsp3) is 0.269. The number of hydrogen-bond acceptors (Lipinski definition) is 4. The van der Waals surface area contributed by atoms with E-state index in [4.69, 9.17) is 23.2 Å². The van der Waals surface area contributed by atoms with Gasteiger partial charge in [-0.15, -0.1) is 0 Å². The van der Waals surface area contributed by atoms with Gasteiger partial charge in [0.05, 0.1) is 10.6 Å². The van der Waals surface area contributed by atoms with Gasteiger partial charge in [0.25, 0.3) is 11.5 Å². The maximum Gasteiger partial charge on any atom is 0.272 e. The number of benzene rings is 1. The van der Waals surface area contributed by atoms with Gasteiger partial charge >= 0.3 is 0 Å². The zero-order valence-electron chi connectivity index (χ0n) is 19.3. The molecule has 1 saturated heterocycles. The van der Waals surface area contributed by atoms with Crippen molar-refractivity contribution in [3.05, 3.63) is 104 Å². The second kappa shape index (κ2) is 10.4. The largest absolute Gasteiger partial charge is 0.349 e. The van der Waals surface area contributed by atoms with Crippen LogP contribution >= 0.6 is 23.2 Å². The Morgan fingerprint density at radius 3 is 2.61 bits per heavy atom. The lowest BCUT2D eigenvalue weighted by Crippen LogP contribution is -2.44. The molecular weight excluding hydrogens is 504 g/mol. The van der Waals surface area contributed by atoms with Gasteiger partial charge in [0.15, 0.2) is 0 Å². The Morgan fingerprint density at radius 2 is 1.86 bits per heavy atom. The predicted molar refractivity (Wildman–Crippen MR) is 137 cm³/mol. The van der Waals surface area contributed by atoms with Gasteiger partial charge in [-0.2, -0.15) is 0 Å². The molecule has 3 aromatic heterocycles. The highest BCUT2D eigenvalue weighted by atomic mass is 35.5. The normalized spacial score (nSPS) is 14.9. The summed E-state index contributed by atoms with van der Waals surface area (Å²) in [6.45, 7) is 2.53. The van der Waals surface area contributed by atoms with Gasteiger partial charge in [-0.1, -0.05) is 29.3 Å².